The number of hydroxylamine groups is 1. The third kappa shape index (κ3) is 2.83. The SMILES string of the molecule is CONC(C)c1cc(C)cc(C)c1. The van der Waals surface area contributed by atoms with Crippen molar-refractivity contribution in [1.82, 2.24) is 5.48 Å². The van der Waals surface area contributed by atoms with Crippen molar-refractivity contribution < 1.29 is 4.84 Å². The van der Waals surface area contributed by atoms with E-state index >= 15 is 0 Å². The maximum atomic E-state index is 4.89. The van der Waals surface area contributed by atoms with Crippen LogP contribution in [0.3, 0.4) is 0 Å². The highest BCUT2D eigenvalue weighted by Crippen LogP contribution is 2.16. The Balaban J connectivity index is 2.87. The van der Waals surface area contributed by atoms with Crippen molar-refractivity contribution in [3.05, 3.63) is 34.9 Å². The van der Waals surface area contributed by atoms with Crippen LogP contribution in [0.25, 0.3) is 0 Å². The van der Waals surface area contributed by atoms with Gasteiger partial charge in [-0.15, -0.1) is 0 Å². The van der Waals surface area contributed by atoms with Gasteiger partial charge in [-0.3, -0.25) is 0 Å². The smallest absolute Gasteiger partial charge is 0.0572 e. The van der Waals surface area contributed by atoms with E-state index in [2.05, 4.69) is 44.5 Å². The van der Waals surface area contributed by atoms with Crippen LogP contribution in [-0.4, -0.2) is 7.11 Å². The summed E-state index contributed by atoms with van der Waals surface area (Å²) in [6, 6.07) is 6.75. The fourth-order valence-corrected chi connectivity index (χ4v) is 1.50. The van der Waals surface area contributed by atoms with Gasteiger partial charge in [-0.2, -0.15) is 5.48 Å². The van der Waals surface area contributed by atoms with Crippen LogP contribution in [0.5, 0.6) is 0 Å². The van der Waals surface area contributed by atoms with Crippen molar-refractivity contribution in [2.75, 3.05) is 7.11 Å². The summed E-state index contributed by atoms with van der Waals surface area (Å²) in [5.74, 6) is 0. The second-order valence-corrected chi connectivity index (χ2v) is 3.46. The Morgan fingerprint density at radius 1 is 1.15 bits per heavy atom. The van der Waals surface area contributed by atoms with E-state index in [-0.39, 0.29) is 6.04 Å². The summed E-state index contributed by atoms with van der Waals surface area (Å²) in [6.45, 7) is 6.30. The molecule has 2 heteroatoms. The Kier molecular flexibility index (Phi) is 3.46. The Morgan fingerprint density at radius 3 is 2.15 bits per heavy atom. The van der Waals surface area contributed by atoms with Gasteiger partial charge in [0.2, 0.25) is 0 Å². The molecule has 2 nitrogen and oxygen atoms in total. The van der Waals surface area contributed by atoms with Gasteiger partial charge >= 0.3 is 0 Å². The number of benzene rings is 1. The molecule has 1 atom stereocenters. The first-order chi connectivity index (χ1) is 6.13. The molecule has 0 bridgehead atoms. The van der Waals surface area contributed by atoms with E-state index in [1.807, 2.05) is 0 Å². The van der Waals surface area contributed by atoms with Crippen molar-refractivity contribution in [3.63, 3.8) is 0 Å². The fourth-order valence-electron chi connectivity index (χ4n) is 1.50. The van der Waals surface area contributed by atoms with Crippen molar-refractivity contribution >= 4 is 0 Å². The van der Waals surface area contributed by atoms with Crippen LogP contribution in [0.1, 0.15) is 29.7 Å². The van der Waals surface area contributed by atoms with Crippen molar-refractivity contribution in [1.29, 1.82) is 0 Å². The van der Waals surface area contributed by atoms with Crippen LogP contribution in [0.4, 0.5) is 0 Å². The third-order valence-corrected chi connectivity index (χ3v) is 2.04. The summed E-state index contributed by atoms with van der Waals surface area (Å²) in [7, 11) is 1.64. The van der Waals surface area contributed by atoms with E-state index in [0.717, 1.165) is 0 Å². The Labute approximate surface area is 79.9 Å². The quantitative estimate of drug-likeness (QED) is 0.720. The maximum absolute atomic E-state index is 4.89. The number of nitrogens with one attached hydrogen (secondary N) is 1. The third-order valence-electron chi connectivity index (χ3n) is 2.04. The molecule has 1 unspecified atom stereocenters. The first-order valence-electron chi connectivity index (χ1n) is 4.50. The molecule has 0 amide bonds. The lowest BCUT2D eigenvalue weighted by atomic mass is 10.0. The van der Waals surface area contributed by atoms with Gasteiger partial charge < -0.3 is 4.84 Å². The largest absolute Gasteiger partial charge is 0.305 e. The molecule has 0 saturated carbocycles. The molecule has 0 spiro atoms. The summed E-state index contributed by atoms with van der Waals surface area (Å²) in [4.78, 5) is 4.89. The Hall–Kier alpha value is -0.860. The molecule has 0 aliphatic carbocycles. The molecule has 0 aliphatic rings. The zero-order chi connectivity index (χ0) is 9.84. The summed E-state index contributed by atoms with van der Waals surface area (Å²) in [6.07, 6.45) is 0. The molecule has 0 saturated heterocycles. The molecular formula is C11H17NO. The zero-order valence-corrected chi connectivity index (χ0v) is 8.72. The van der Waals surface area contributed by atoms with Crippen molar-refractivity contribution in [2.45, 2.75) is 26.8 Å². The molecular weight excluding hydrogens is 162 g/mol. The number of aryl methyl sites for hydroxylation is 2. The van der Waals surface area contributed by atoms with E-state index in [4.69, 9.17) is 4.84 Å². The molecule has 1 aromatic rings. The van der Waals surface area contributed by atoms with E-state index in [1.54, 1.807) is 7.11 Å². The summed E-state index contributed by atoms with van der Waals surface area (Å²) in [5.41, 5.74) is 6.76. The molecule has 72 valence electrons. The van der Waals surface area contributed by atoms with Crippen LogP contribution >= 0.6 is 0 Å². The van der Waals surface area contributed by atoms with Gasteiger partial charge in [-0.1, -0.05) is 29.3 Å². The number of rotatable bonds is 3. The minimum atomic E-state index is 0.239. The summed E-state index contributed by atoms with van der Waals surface area (Å²) >= 11 is 0. The molecule has 0 aliphatic heterocycles. The molecule has 0 fully saturated rings. The van der Waals surface area contributed by atoms with Gasteiger partial charge in [0.1, 0.15) is 0 Å². The van der Waals surface area contributed by atoms with Gasteiger partial charge in [0, 0.05) is 0 Å². The van der Waals surface area contributed by atoms with E-state index in [1.165, 1.54) is 16.7 Å². The lowest BCUT2D eigenvalue weighted by Gasteiger charge is -2.13. The monoisotopic (exact) mass is 179 g/mol. The topological polar surface area (TPSA) is 21.3 Å². The van der Waals surface area contributed by atoms with Gasteiger partial charge in [0.05, 0.1) is 13.2 Å². The maximum Gasteiger partial charge on any atom is 0.0572 e. The second-order valence-electron chi connectivity index (χ2n) is 3.46. The highest BCUT2D eigenvalue weighted by Gasteiger charge is 2.04. The lowest BCUT2D eigenvalue weighted by molar-refractivity contribution is 0.0658. The number of hydrogen-bond acceptors (Lipinski definition) is 2. The van der Waals surface area contributed by atoms with E-state index < -0.39 is 0 Å². The van der Waals surface area contributed by atoms with Crippen molar-refractivity contribution in [2.24, 2.45) is 0 Å². The average molecular weight is 179 g/mol. The summed E-state index contributed by atoms with van der Waals surface area (Å²) < 4.78 is 0. The number of hydrogen-bond donors (Lipinski definition) is 1. The zero-order valence-electron chi connectivity index (χ0n) is 8.72. The highest BCUT2D eigenvalue weighted by atomic mass is 16.6. The first-order valence-corrected chi connectivity index (χ1v) is 4.50. The van der Waals surface area contributed by atoms with E-state index in [0.29, 0.717) is 0 Å². The molecule has 0 heterocycles. The van der Waals surface area contributed by atoms with Crippen LogP contribution in [0.15, 0.2) is 18.2 Å². The predicted molar refractivity (Wildman–Crippen MR) is 54.5 cm³/mol. The highest BCUT2D eigenvalue weighted by molar-refractivity contribution is 5.30. The second kappa shape index (κ2) is 4.40. The Bertz CT molecular complexity index is 263. The van der Waals surface area contributed by atoms with E-state index in [9.17, 15) is 0 Å². The normalized spacial score (nSPS) is 12.9. The predicted octanol–water partition coefficient (Wildman–Crippen LogP) is 2.52. The van der Waals surface area contributed by atoms with Crippen molar-refractivity contribution in [3.8, 4) is 0 Å². The lowest BCUT2D eigenvalue weighted by Crippen LogP contribution is -2.16. The molecule has 1 N–H and O–H groups in total. The molecule has 1 rings (SSSR count). The van der Waals surface area contributed by atoms with Gasteiger partial charge in [-0.25, -0.2) is 0 Å². The van der Waals surface area contributed by atoms with Crippen LogP contribution in [-0.2, 0) is 4.84 Å². The van der Waals surface area contributed by atoms with Gasteiger partial charge in [0.15, 0.2) is 0 Å². The molecule has 0 radical (unpaired) electrons. The summed E-state index contributed by atoms with van der Waals surface area (Å²) in [5, 5.41) is 0. The van der Waals surface area contributed by atoms with Crippen LogP contribution in [0, 0.1) is 13.8 Å². The van der Waals surface area contributed by atoms with Crippen LogP contribution < -0.4 is 5.48 Å². The Morgan fingerprint density at radius 2 is 1.69 bits per heavy atom. The average Bonchev–Trinajstić information content (AvgIpc) is 2.03. The molecule has 1 aromatic carbocycles. The molecule has 0 aromatic heterocycles. The molecule has 13 heavy (non-hydrogen) atoms. The minimum Gasteiger partial charge on any atom is -0.305 e. The van der Waals surface area contributed by atoms with Gasteiger partial charge in [0.25, 0.3) is 0 Å². The van der Waals surface area contributed by atoms with Crippen LogP contribution in [0.2, 0.25) is 0 Å². The van der Waals surface area contributed by atoms with Gasteiger partial charge in [-0.05, 0) is 26.3 Å². The first kappa shape index (κ1) is 10.2. The fraction of sp³-hybridized carbons (Fsp3) is 0.455. The minimum absolute atomic E-state index is 0.239. The standard InChI is InChI=1S/C11H17NO/c1-8-5-9(2)7-11(6-8)10(3)12-13-4/h5-7,10,12H,1-4H3.